The van der Waals surface area contributed by atoms with Gasteiger partial charge in [0.05, 0.1) is 4.90 Å². The average molecular weight is 636 g/mol. The number of carbonyl (C=O) groups is 2. The van der Waals surface area contributed by atoms with Crippen molar-refractivity contribution in [2.75, 3.05) is 17.9 Å². The van der Waals surface area contributed by atoms with E-state index in [1.54, 1.807) is 12.1 Å². The van der Waals surface area contributed by atoms with Gasteiger partial charge in [-0.2, -0.15) is 0 Å². The number of hydrogen-bond acceptors (Lipinski definition) is 5. The van der Waals surface area contributed by atoms with Gasteiger partial charge in [0, 0.05) is 25.2 Å². The highest BCUT2D eigenvalue weighted by Crippen LogP contribution is 2.21. The Kier molecular flexibility index (Phi) is 11.3. The van der Waals surface area contributed by atoms with E-state index < -0.39 is 40.2 Å². The molecule has 45 heavy (non-hydrogen) atoms. The van der Waals surface area contributed by atoms with Gasteiger partial charge in [-0.3, -0.25) is 14.3 Å². The molecule has 8 nitrogen and oxygen atoms in total. The van der Waals surface area contributed by atoms with Crippen LogP contribution in [0.3, 0.4) is 0 Å². The number of anilines is 1. The van der Waals surface area contributed by atoms with Crippen LogP contribution in [0.2, 0.25) is 0 Å². The Bertz CT molecular complexity index is 1670. The molecule has 4 aromatic carbocycles. The predicted octanol–water partition coefficient (Wildman–Crippen LogP) is 5.56. The number of amides is 2. The van der Waals surface area contributed by atoms with Crippen LogP contribution in [-0.2, 0) is 32.6 Å². The van der Waals surface area contributed by atoms with Gasteiger partial charge in [-0.05, 0) is 77.7 Å². The van der Waals surface area contributed by atoms with Crippen LogP contribution in [0.4, 0.5) is 14.5 Å². The van der Waals surface area contributed by atoms with E-state index in [0.717, 1.165) is 17.7 Å². The van der Waals surface area contributed by atoms with Crippen molar-refractivity contribution in [3.63, 3.8) is 0 Å². The molecule has 0 saturated carbocycles. The first-order chi connectivity index (χ1) is 21.5. The van der Waals surface area contributed by atoms with E-state index in [0.29, 0.717) is 12.1 Å². The summed E-state index contributed by atoms with van der Waals surface area (Å²) in [7, 11) is -3.96. The lowest BCUT2D eigenvalue weighted by Crippen LogP contribution is -2.52. The average Bonchev–Trinajstić information content (AvgIpc) is 3.03. The Balaban J connectivity index is 1.53. The third kappa shape index (κ3) is 9.87. The maximum atomic E-state index is 13.7. The molecular formula is C34H35F2N3O5S. The monoisotopic (exact) mass is 635 g/mol. The largest absolute Gasteiger partial charge is 0.484 e. The van der Waals surface area contributed by atoms with Crippen LogP contribution in [-0.4, -0.2) is 44.3 Å². The molecule has 0 heterocycles. The van der Waals surface area contributed by atoms with Crippen molar-refractivity contribution >= 4 is 27.5 Å². The van der Waals surface area contributed by atoms with Gasteiger partial charge in [0.2, 0.25) is 5.91 Å². The van der Waals surface area contributed by atoms with Crippen LogP contribution >= 0.6 is 0 Å². The van der Waals surface area contributed by atoms with Crippen molar-refractivity contribution in [3.05, 3.63) is 126 Å². The number of nitrogens with zero attached hydrogens (tertiary/aromatic N) is 1. The highest BCUT2D eigenvalue weighted by molar-refractivity contribution is 7.92. The van der Waals surface area contributed by atoms with E-state index in [-0.39, 0.29) is 41.1 Å². The number of nitrogens with one attached hydrogen (secondary N) is 2. The van der Waals surface area contributed by atoms with Crippen LogP contribution in [0.25, 0.3) is 0 Å². The summed E-state index contributed by atoms with van der Waals surface area (Å²) in [6.45, 7) is 3.95. The van der Waals surface area contributed by atoms with Crippen LogP contribution in [0.1, 0.15) is 25.0 Å². The smallest absolute Gasteiger partial charge is 0.261 e. The second kappa shape index (κ2) is 15.3. The summed E-state index contributed by atoms with van der Waals surface area (Å²) in [5, 5.41) is 2.93. The summed E-state index contributed by atoms with van der Waals surface area (Å²) in [6, 6.07) is 24.5. The Hall–Kier alpha value is -4.77. The van der Waals surface area contributed by atoms with E-state index in [2.05, 4.69) is 10.0 Å². The van der Waals surface area contributed by atoms with Gasteiger partial charge >= 0.3 is 0 Å². The fourth-order valence-electron chi connectivity index (χ4n) is 4.44. The number of halogens is 2. The van der Waals surface area contributed by atoms with Crippen LogP contribution in [0.15, 0.2) is 108 Å². The van der Waals surface area contributed by atoms with Crippen LogP contribution < -0.4 is 14.8 Å². The SMILES string of the molecule is CC(C)CNC(=O)C(Cc1ccccc1)N(Cc1ccc(F)cc1)C(=O)COc1ccc(S(=O)(=O)Nc2ccc(F)cc2)cc1. The standard InChI is InChI=1S/C34H35F2N3O5S/c1-24(2)21-37-34(41)32(20-25-6-4-3-5-7-25)39(22-26-8-10-27(35)11-9-26)33(40)23-44-30-16-18-31(19-17-30)45(42,43)38-29-14-12-28(36)13-15-29/h3-19,24,32,38H,20-23H2,1-2H3,(H,37,41). The number of hydrogen-bond donors (Lipinski definition) is 2. The Morgan fingerprint density at radius 2 is 1.40 bits per heavy atom. The number of carbonyl (C=O) groups excluding carboxylic acids is 2. The van der Waals surface area contributed by atoms with E-state index in [1.165, 1.54) is 53.4 Å². The van der Waals surface area contributed by atoms with E-state index >= 15 is 0 Å². The number of benzene rings is 4. The summed E-state index contributed by atoms with van der Waals surface area (Å²) >= 11 is 0. The molecule has 0 radical (unpaired) electrons. The quantitative estimate of drug-likeness (QED) is 0.189. The molecule has 4 rings (SSSR count). The second-order valence-corrected chi connectivity index (χ2v) is 12.5. The summed E-state index contributed by atoms with van der Waals surface area (Å²) in [4.78, 5) is 28.6. The Labute approximate surface area is 262 Å². The summed E-state index contributed by atoms with van der Waals surface area (Å²) in [6.07, 6.45) is 0.241. The minimum atomic E-state index is -3.96. The highest BCUT2D eigenvalue weighted by Gasteiger charge is 2.31. The van der Waals surface area contributed by atoms with Gasteiger partial charge in [-0.25, -0.2) is 17.2 Å². The zero-order chi connectivity index (χ0) is 32.4. The minimum Gasteiger partial charge on any atom is -0.484 e. The molecule has 1 atom stereocenters. The molecule has 2 N–H and O–H groups in total. The molecule has 0 aromatic heterocycles. The first-order valence-electron chi connectivity index (χ1n) is 14.4. The van der Waals surface area contributed by atoms with Crippen LogP contribution in [0.5, 0.6) is 5.75 Å². The summed E-state index contributed by atoms with van der Waals surface area (Å²) in [5.41, 5.74) is 1.68. The van der Waals surface area contributed by atoms with Gasteiger partial charge in [0.1, 0.15) is 23.4 Å². The van der Waals surface area contributed by atoms with Gasteiger partial charge in [-0.15, -0.1) is 0 Å². The summed E-state index contributed by atoms with van der Waals surface area (Å²) < 4.78 is 60.5. The fourth-order valence-corrected chi connectivity index (χ4v) is 5.50. The van der Waals surface area contributed by atoms with Crippen LogP contribution in [0, 0.1) is 17.6 Å². The molecule has 0 fully saturated rings. The van der Waals surface area contributed by atoms with Crippen molar-refractivity contribution < 1.29 is 31.5 Å². The molecule has 0 aliphatic rings. The number of ether oxygens (including phenoxy) is 1. The second-order valence-electron chi connectivity index (χ2n) is 10.9. The normalized spacial score (nSPS) is 11.9. The Morgan fingerprint density at radius 1 is 0.800 bits per heavy atom. The third-order valence-electron chi connectivity index (χ3n) is 6.81. The van der Waals surface area contributed by atoms with Crippen molar-refractivity contribution in [1.29, 1.82) is 0 Å². The zero-order valence-corrected chi connectivity index (χ0v) is 25.8. The van der Waals surface area contributed by atoms with Crippen molar-refractivity contribution in [3.8, 4) is 5.75 Å². The van der Waals surface area contributed by atoms with Crippen molar-refractivity contribution in [2.45, 2.75) is 37.8 Å². The summed E-state index contributed by atoms with van der Waals surface area (Å²) in [5.74, 6) is -1.31. The van der Waals surface area contributed by atoms with E-state index in [4.69, 9.17) is 4.74 Å². The third-order valence-corrected chi connectivity index (χ3v) is 8.21. The molecular weight excluding hydrogens is 600 g/mol. The van der Waals surface area contributed by atoms with Crippen molar-refractivity contribution in [2.24, 2.45) is 5.92 Å². The molecule has 0 saturated heterocycles. The number of rotatable bonds is 14. The highest BCUT2D eigenvalue weighted by atomic mass is 32.2. The minimum absolute atomic E-state index is 0.0291. The molecule has 11 heteroatoms. The molecule has 2 amide bonds. The molecule has 0 aliphatic heterocycles. The molecule has 0 aliphatic carbocycles. The lowest BCUT2D eigenvalue weighted by molar-refractivity contribution is -0.142. The van der Waals surface area contributed by atoms with E-state index in [9.17, 15) is 26.8 Å². The molecule has 0 spiro atoms. The number of sulfonamides is 1. The van der Waals surface area contributed by atoms with Gasteiger partial charge in [-0.1, -0.05) is 56.3 Å². The van der Waals surface area contributed by atoms with E-state index in [1.807, 2.05) is 44.2 Å². The maximum Gasteiger partial charge on any atom is 0.261 e. The molecule has 0 bridgehead atoms. The fraction of sp³-hybridized carbons (Fsp3) is 0.235. The molecule has 4 aromatic rings. The molecule has 236 valence electrons. The predicted molar refractivity (Wildman–Crippen MR) is 168 cm³/mol. The van der Waals surface area contributed by atoms with Gasteiger partial charge in [0.25, 0.3) is 15.9 Å². The molecule has 1 unspecified atom stereocenters. The van der Waals surface area contributed by atoms with Gasteiger partial charge in [0.15, 0.2) is 6.61 Å². The lowest BCUT2D eigenvalue weighted by Gasteiger charge is -2.31. The first kappa shape index (κ1) is 33.1. The maximum absolute atomic E-state index is 13.7. The topological polar surface area (TPSA) is 105 Å². The zero-order valence-electron chi connectivity index (χ0n) is 25.0. The van der Waals surface area contributed by atoms with Crippen molar-refractivity contribution in [1.82, 2.24) is 10.2 Å². The van der Waals surface area contributed by atoms with Gasteiger partial charge < -0.3 is 15.0 Å². The lowest BCUT2D eigenvalue weighted by atomic mass is 10.0. The first-order valence-corrected chi connectivity index (χ1v) is 15.9. The Morgan fingerprint density at radius 3 is 2.00 bits per heavy atom.